The molecule has 0 aromatic heterocycles. The highest BCUT2D eigenvalue weighted by molar-refractivity contribution is 7.89. The molecule has 2 rings (SSSR count). The number of sulfonamides is 1. The molecular weight excluding hydrogens is 312 g/mol. The lowest BCUT2D eigenvalue weighted by Crippen LogP contribution is -2.42. The van der Waals surface area contributed by atoms with E-state index in [2.05, 4.69) is 4.72 Å². The van der Waals surface area contributed by atoms with Gasteiger partial charge in [-0.3, -0.25) is 0 Å². The number of ether oxygens (including phenoxy) is 1. The van der Waals surface area contributed by atoms with Crippen molar-refractivity contribution in [2.75, 3.05) is 7.11 Å². The number of rotatable bonds is 5. The fourth-order valence-electron chi connectivity index (χ4n) is 2.13. The van der Waals surface area contributed by atoms with E-state index in [-0.39, 0.29) is 4.90 Å². The van der Waals surface area contributed by atoms with Gasteiger partial charge in [-0.1, -0.05) is 29.8 Å². The SMILES string of the molecule is COc1cccc(C(C)(C#N)NS(=O)(=O)c2ccc(C)cc2)c1. The van der Waals surface area contributed by atoms with E-state index >= 15 is 0 Å². The summed E-state index contributed by atoms with van der Waals surface area (Å²) >= 11 is 0. The minimum absolute atomic E-state index is 0.118. The third-order valence-electron chi connectivity index (χ3n) is 3.54. The standard InChI is InChI=1S/C17H18N2O3S/c1-13-7-9-16(10-8-13)23(20,21)19-17(2,12-18)14-5-4-6-15(11-14)22-3/h4-11,19H,1-3H3. The van der Waals surface area contributed by atoms with E-state index in [0.29, 0.717) is 11.3 Å². The molecule has 23 heavy (non-hydrogen) atoms. The van der Waals surface area contributed by atoms with E-state index in [1.165, 1.54) is 26.2 Å². The Hall–Kier alpha value is -2.36. The van der Waals surface area contributed by atoms with Crippen LogP contribution in [-0.2, 0) is 15.6 Å². The van der Waals surface area contributed by atoms with Gasteiger partial charge in [0.1, 0.15) is 11.3 Å². The molecule has 2 aromatic rings. The number of hydrogen-bond donors (Lipinski definition) is 1. The predicted molar refractivity (Wildman–Crippen MR) is 87.5 cm³/mol. The van der Waals surface area contributed by atoms with Crippen molar-refractivity contribution in [3.63, 3.8) is 0 Å². The molecule has 0 saturated heterocycles. The number of hydrogen-bond acceptors (Lipinski definition) is 4. The van der Waals surface area contributed by atoms with Crippen LogP contribution < -0.4 is 9.46 Å². The molecule has 0 radical (unpaired) electrons. The van der Waals surface area contributed by atoms with Crippen LogP contribution in [0.4, 0.5) is 0 Å². The van der Waals surface area contributed by atoms with E-state index in [1.807, 2.05) is 13.0 Å². The van der Waals surface area contributed by atoms with Crippen molar-refractivity contribution in [1.82, 2.24) is 4.72 Å². The Balaban J connectivity index is 2.41. The van der Waals surface area contributed by atoms with Crippen LogP contribution in [0, 0.1) is 18.3 Å². The van der Waals surface area contributed by atoms with Crippen molar-refractivity contribution in [3.05, 3.63) is 59.7 Å². The summed E-state index contributed by atoms with van der Waals surface area (Å²) in [5.74, 6) is 0.554. The summed E-state index contributed by atoms with van der Waals surface area (Å²) < 4.78 is 32.7. The highest BCUT2D eigenvalue weighted by atomic mass is 32.2. The molecule has 0 aliphatic carbocycles. The summed E-state index contributed by atoms with van der Waals surface area (Å²) in [6.45, 7) is 3.40. The third kappa shape index (κ3) is 3.70. The highest BCUT2D eigenvalue weighted by Crippen LogP contribution is 2.26. The lowest BCUT2D eigenvalue weighted by molar-refractivity contribution is 0.412. The molecule has 120 valence electrons. The van der Waals surface area contributed by atoms with Gasteiger partial charge in [0.2, 0.25) is 10.0 Å². The van der Waals surface area contributed by atoms with Crippen molar-refractivity contribution < 1.29 is 13.2 Å². The van der Waals surface area contributed by atoms with Crippen LogP contribution in [0.3, 0.4) is 0 Å². The van der Waals surface area contributed by atoms with Gasteiger partial charge >= 0.3 is 0 Å². The monoisotopic (exact) mass is 330 g/mol. The van der Waals surface area contributed by atoms with Gasteiger partial charge < -0.3 is 4.74 Å². The molecule has 0 saturated carbocycles. The number of nitrogens with zero attached hydrogens (tertiary/aromatic N) is 1. The Morgan fingerprint density at radius 3 is 2.39 bits per heavy atom. The molecule has 0 aliphatic rings. The van der Waals surface area contributed by atoms with Crippen molar-refractivity contribution >= 4 is 10.0 Å². The topological polar surface area (TPSA) is 79.2 Å². The molecule has 6 heteroatoms. The molecule has 0 aliphatic heterocycles. The summed E-state index contributed by atoms with van der Waals surface area (Å²) in [7, 11) is -2.31. The van der Waals surface area contributed by atoms with Crippen LogP contribution in [0.15, 0.2) is 53.4 Å². The van der Waals surface area contributed by atoms with Crippen LogP contribution in [0.2, 0.25) is 0 Å². The van der Waals surface area contributed by atoms with Gasteiger partial charge in [0, 0.05) is 0 Å². The summed E-state index contributed by atoms with van der Waals surface area (Å²) in [4.78, 5) is 0.118. The van der Waals surface area contributed by atoms with Crippen molar-refractivity contribution in [2.24, 2.45) is 0 Å². The summed E-state index contributed by atoms with van der Waals surface area (Å²) in [6, 6.07) is 15.3. The second-order valence-corrected chi connectivity index (χ2v) is 7.07. The van der Waals surface area contributed by atoms with Crippen LogP contribution in [0.25, 0.3) is 0 Å². The minimum Gasteiger partial charge on any atom is -0.497 e. The zero-order valence-corrected chi connectivity index (χ0v) is 14.0. The Morgan fingerprint density at radius 1 is 1.17 bits per heavy atom. The van der Waals surface area contributed by atoms with Gasteiger partial charge in [-0.25, -0.2) is 8.42 Å². The van der Waals surface area contributed by atoms with E-state index < -0.39 is 15.6 Å². The van der Waals surface area contributed by atoms with Crippen molar-refractivity contribution in [1.29, 1.82) is 5.26 Å². The predicted octanol–water partition coefficient (Wildman–Crippen LogP) is 2.72. The van der Waals surface area contributed by atoms with Crippen molar-refractivity contribution in [2.45, 2.75) is 24.3 Å². The number of aryl methyl sites for hydroxylation is 1. The second kappa shape index (κ2) is 6.41. The maximum Gasteiger partial charge on any atom is 0.242 e. The summed E-state index contributed by atoms with van der Waals surface area (Å²) in [5.41, 5.74) is 0.0629. The first-order valence-electron chi connectivity index (χ1n) is 6.97. The molecule has 0 fully saturated rings. The average molecular weight is 330 g/mol. The molecule has 5 nitrogen and oxygen atoms in total. The van der Waals surface area contributed by atoms with E-state index in [1.54, 1.807) is 36.4 Å². The Morgan fingerprint density at radius 2 is 1.83 bits per heavy atom. The average Bonchev–Trinajstić information content (AvgIpc) is 2.54. The van der Waals surface area contributed by atoms with Crippen LogP contribution >= 0.6 is 0 Å². The second-order valence-electron chi connectivity index (χ2n) is 5.39. The smallest absolute Gasteiger partial charge is 0.242 e. The number of nitrogens with one attached hydrogen (secondary N) is 1. The van der Waals surface area contributed by atoms with Crippen molar-refractivity contribution in [3.8, 4) is 11.8 Å². The molecule has 0 bridgehead atoms. The quantitative estimate of drug-likeness (QED) is 0.914. The van der Waals surface area contributed by atoms with Gasteiger partial charge in [-0.15, -0.1) is 0 Å². The van der Waals surface area contributed by atoms with E-state index in [9.17, 15) is 13.7 Å². The molecule has 0 amide bonds. The molecule has 1 unspecified atom stereocenters. The van der Waals surface area contributed by atoms with E-state index in [0.717, 1.165) is 5.56 Å². The maximum atomic E-state index is 12.6. The molecule has 2 aromatic carbocycles. The fourth-order valence-corrected chi connectivity index (χ4v) is 3.44. The molecule has 0 spiro atoms. The first-order valence-corrected chi connectivity index (χ1v) is 8.45. The van der Waals surface area contributed by atoms with Gasteiger partial charge in [0.15, 0.2) is 0 Å². The van der Waals surface area contributed by atoms with Gasteiger partial charge in [0.25, 0.3) is 0 Å². The highest BCUT2D eigenvalue weighted by Gasteiger charge is 2.33. The Labute approximate surface area is 136 Å². The molecular formula is C17H18N2O3S. The zero-order valence-electron chi connectivity index (χ0n) is 13.2. The number of nitriles is 1. The normalized spacial score (nSPS) is 13.8. The third-order valence-corrected chi connectivity index (χ3v) is 5.11. The minimum atomic E-state index is -3.83. The maximum absolute atomic E-state index is 12.6. The fraction of sp³-hybridized carbons (Fsp3) is 0.235. The number of methoxy groups -OCH3 is 1. The summed E-state index contributed by atoms with van der Waals surface area (Å²) in [6.07, 6.45) is 0. The first-order chi connectivity index (χ1) is 10.8. The Bertz CT molecular complexity index is 839. The summed E-state index contributed by atoms with van der Waals surface area (Å²) in [5, 5.41) is 9.54. The van der Waals surface area contributed by atoms with Crippen LogP contribution in [0.1, 0.15) is 18.1 Å². The van der Waals surface area contributed by atoms with Gasteiger partial charge in [0.05, 0.1) is 18.1 Å². The van der Waals surface area contributed by atoms with Crippen LogP contribution in [0.5, 0.6) is 5.75 Å². The Kier molecular flexibility index (Phi) is 4.73. The molecule has 1 N–H and O–H groups in total. The lowest BCUT2D eigenvalue weighted by Gasteiger charge is -2.24. The van der Waals surface area contributed by atoms with Gasteiger partial charge in [-0.05, 0) is 43.7 Å². The van der Waals surface area contributed by atoms with Crippen LogP contribution in [-0.4, -0.2) is 15.5 Å². The van der Waals surface area contributed by atoms with Gasteiger partial charge in [-0.2, -0.15) is 9.98 Å². The largest absolute Gasteiger partial charge is 0.497 e. The van der Waals surface area contributed by atoms with E-state index in [4.69, 9.17) is 4.74 Å². The first kappa shape index (κ1) is 17.0. The lowest BCUT2D eigenvalue weighted by atomic mass is 9.95. The molecule has 0 heterocycles. The molecule has 1 atom stereocenters. The number of benzene rings is 2. The zero-order chi connectivity index (χ0) is 17.1.